The Labute approximate surface area is 136 Å². The molecular formula is C16H11Cl2N3O. The molecule has 3 aromatic rings. The van der Waals surface area contributed by atoms with Crippen molar-refractivity contribution in [1.82, 2.24) is 9.97 Å². The lowest BCUT2D eigenvalue weighted by atomic mass is 10.1. The summed E-state index contributed by atoms with van der Waals surface area (Å²) in [5.74, 6) is 0.184. The van der Waals surface area contributed by atoms with E-state index in [1.807, 2.05) is 0 Å². The third kappa shape index (κ3) is 2.51. The standard InChI is InChI=1S/C16H11Cl2N3O/c1-8(22)12-7-20-16(19)15-10(12)4-5-14(21-15)11-3-2-9(17)6-13(11)18/h2-7H,1H3,(H2,19,20). The van der Waals surface area contributed by atoms with Gasteiger partial charge in [0.25, 0.3) is 0 Å². The largest absolute Gasteiger partial charge is 0.382 e. The van der Waals surface area contributed by atoms with Crippen molar-refractivity contribution < 1.29 is 4.79 Å². The minimum atomic E-state index is -0.0865. The number of benzene rings is 1. The number of nitrogen functional groups attached to an aromatic ring is 1. The van der Waals surface area contributed by atoms with Crippen molar-refractivity contribution in [3.63, 3.8) is 0 Å². The highest BCUT2D eigenvalue weighted by Crippen LogP contribution is 2.31. The summed E-state index contributed by atoms with van der Waals surface area (Å²) in [7, 11) is 0. The Morgan fingerprint density at radius 3 is 2.64 bits per heavy atom. The molecule has 2 N–H and O–H groups in total. The van der Waals surface area contributed by atoms with E-state index in [4.69, 9.17) is 28.9 Å². The van der Waals surface area contributed by atoms with Crippen LogP contribution in [-0.2, 0) is 0 Å². The first-order valence-electron chi connectivity index (χ1n) is 6.49. The average Bonchev–Trinajstić information content (AvgIpc) is 2.47. The van der Waals surface area contributed by atoms with Gasteiger partial charge in [0.1, 0.15) is 11.3 Å². The highest BCUT2D eigenvalue weighted by molar-refractivity contribution is 6.36. The maximum absolute atomic E-state index is 11.7. The van der Waals surface area contributed by atoms with Gasteiger partial charge >= 0.3 is 0 Å². The fourth-order valence-corrected chi connectivity index (χ4v) is 2.77. The molecule has 0 atom stereocenters. The molecule has 110 valence electrons. The van der Waals surface area contributed by atoms with Gasteiger partial charge in [0.05, 0.1) is 10.7 Å². The summed E-state index contributed by atoms with van der Waals surface area (Å²) in [6.07, 6.45) is 1.47. The van der Waals surface area contributed by atoms with Crippen molar-refractivity contribution in [2.45, 2.75) is 6.92 Å². The van der Waals surface area contributed by atoms with E-state index in [2.05, 4.69) is 9.97 Å². The Hall–Kier alpha value is -2.17. The molecule has 2 heterocycles. The van der Waals surface area contributed by atoms with E-state index in [0.717, 1.165) is 5.56 Å². The number of carbonyl (C=O) groups is 1. The summed E-state index contributed by atoms with van der Waals surface area (Å²) in [4.78, 5) is 20.2. The molecule has 0 saturated heterocycles. The van der Waals surface area contributed by atoms with Crippen LogP contribution >= 0.6 is 23.2 Å². The number of rotatable bonds is 2. The number of ketones is 1. The fourth-order valence-electron chi connectivity index (χ4n) is 2.26. The molecule has 0 aliphatic carbocycles. The van der Waals surface area contributed by atoms with Gasteiger partial charge in [0, 0.05) is 27.7 Å². The average molecular weight is 332 g/mol. The predicted octanol–water partition coefficient (Wildman–Crippen LogP) is 4.39. The second-order valence-corrected chi connectivity index (χ2v) is 5.67. The number of anilines is 1. The number of fused-ring (bicyclic) bond motifs is 1. The van der Waals surface area contributed by atoms with Crippen molar-refractivity contribution in [3.8, 4) is 11.3 Å². The summed E-state index contributed by atoms with van der Waals surface area (Å²) in [6.45, 7) is 1.48. The molecule has 0 saturated carbocycles. The van der Waals surface area contributed by atoms with Crippen molar-refractivity contribution in [2.75, 3.05) is 5.73 Å². The first kappa shape index (κ1) is 14.8. The molecule has 0 aliphatic heterocycles. The van der Waals surface area contributed by atoms with E-state index in [0.29, 0.717) is 32.2 Å². The van der Waals surface area contributed by atoms with E-state index < -0.39 is 0 Å². The van der Waals surface area contributed by atoms with Crippen LogP contribution in [0.4, 0.5) is 5.82 Å². The summed E-state index contributed by atoms with van der Waals surface area (Å²) >= 11 is 12.1. The third-order valence-corrected chi connectivity index (χ3v) is 3.89. The molecule has 0 spiro atoms. The number of pyridine rings is 2. The molecular weight excluding hydrogens is 321 g/mol. The number of hydrogen-bond acceptors (Lipinski definition) is 4. The SMILES string of the molecule is CC(=O)c1cnc(N)c2nc(-c3ccc(Cl)cc3Cl)ccc12. The van der Waals surface area contributed by atoms with Crippen LogP contribution in [0, 0.1) is 0 Å². The van der Waals surface area contributed by atoms with Crippen LogP contribution in [0.25, 0.3) is 22.2 Å². The highest BCUT2D eigenvalue weighted by atomic mass is 35.5. The van der Waals surface area contributed by atoms with Crippen LogP contribution in [0.5, 0.6) is 0 Å². The zero-order valence-corrected chi connectivity index (χ0v) is 13.1. The Kier molecular flexibility index (Phi) is 3.72. The van der Waals surface area contributed by atoms with Gasteiger partial charge in [-0.1, -0.05) is 23.2 Å². The molecule has 4 nitrogen and oxygen atoms in total. The van der Waals surface area contributed by atoms with E-state index in [-0.39, 0.29) is 11.6 Å². The smallest absolute Gasteiger partial charge is 0.162 e. The summed E-state index contributed by atoms with van der Waals surface area (Å²) in [5.41, 5.74) is 8.25. The van der Waals surface area contributed by atoms with Gasteiger partial charge in [-0.2, -0.15) is 0 Å². The molecule has 22 heavy (non-hydrogen) atoms. The molecule has 2 aromatic heterocycles. The van der Waals surface area contributed by atoms with Crippen molar-refractivity contribution >= 4 is 45.7 Å². The zero-order chi connectivity index (χ0) is 15.9. The molecule has 3 rings (SSSR count). The number of halogens is 2. The van der Waals surface area contributed by atoms with E-state index in [1.54, 1.807) is 30.3 Å². The molecule has 6 heteroatoms. The minimum absolute atomic E-state index is 0.0865. The normalized spacial score (nSPS) is 10.9. The lowest BCUT2D eigenvalue weighted by Gasteiger charge is -2.09. The summed E-state index contributed by atoms with van der Waals surface area (Å²) in [5, 5.41) is 1.72. The molecule has 0 aliphatic rings. The zero-order valence-electron chi connectivity index (χ0n) is 11.6. The topological polar surface area (TPSA) is 68.9 Å². The van der Waals surface area contributed by atoms with E-state index in [1.165, 1.54) is 13.1 Å². The highest BCUT2D eigenvalue weighted by Gasteiger charge is 2.13. The van der Waals surface area contributed by atoms with E-state index >= 15 is 0 Å². The fraction of sp³-hybridized carbons (Fsp3) is 0.0625. The van der Waals surface area contributed by atoms with Crippen LogP contribution in [0.15, 0.2) is 36.5 Å². The van der Waals surface area contributed by atoms with Gasteiger partial charge < -0.3 is 5.73 Å². The lowest BCUT2D eigenvalue weighted by Crippen LogP contribution is -2.01. The monoisotopic (exact) mass is 331 g/mol. The van der Waals surface area contributed by atoms with Gasteiger partial charge in [-0.3, -0.25) is 4.79 Å². The number of nitrogens with two attached hydrogens (primary N) is 1. The van der Waals surface area contributed by atoms with Crippen molar-refractivity contribution in [2.24, 2.45) is 0 Å². The number of aromatic nitrogens is 2. The molecule has 0 bridgehead atoms. The molecule has 0 fully saturated rings. The molecule has 0 unspecified atom stereocenters. The van der Waals surface area contributed by atoms with Crippen molar-refractivity contribution in [3.05, 3.63) is 52.1 Å². The summed E-state index contributed by atoms with van der Waals surface area (Å²) < 4.78 is 0. The number of nitrogens with zero attached hydrogens (tertiary/aromatic N) is 2. The Balaban J connectivity index is 2.26. The maximum Gasteiger partial charge on any atom is 0.162 e. The van der Waals surface area contributed by atoms with Crippen LogP contribution in [0.3, 0.4) is 0 Å². The Bertz CT molecular complexity index is 909. The van der Waals surface area contributed by atoms with Crippen molar-refractivity contribution in [1.29, 1.82) is 0 Å². The first-order valence-corrected chi connectivity index (χ1v) is 7.24. The van der Waals surface area contributed by atoms with Gasteiger partial charge in [-0.15, -0.1) is 0 Å². The quantitative estimate of drug-likeness (QED) is 0.707. The molecule has 0 amide bonds. The third-order valence-electron chi connectivity index (χ3n) is 3.35. The van der Waals surface area contributed by atoms with Crippen LogP contribution in [-0.4, -0.2) is 15.8 Å². The number of hydrogen-bond donors (Lipinski definition) is 1. The minimum Gasteiger partial charge on any atom is -0.382 e. The van der Waals surface area contributed by atoms with Crippen LogP contribution in [0.2, 0.25) is 10.0 Å². The Morgan fingerprint density at radius 1 is 1.18 bits per heavy atom. The summed E-state index contributed by atoms with van der Waals surface area (Å²) in [6, 6.07) is 8.78. The second kappa shape index (κ2) is 5.55. The van der Waals surface area contributed by atoms with Gasteiger partial charge in [0.15, 0.2) is 5.78 Å². The number of carbonyl (C=O) groups excluding carboxylic acids is 1. The second-order valence-electron chi connectivity index (χ2n) is 4.83. The van der Waals surface area contributed by atoms with Gasteiger partial charge in [-0.25, -0.2) is 9.97 Å². The van der Waals surface area contributed by atoms with Crippen LogP contribution in [0.1, 0.15) is 17.3 Å². The maximum atomic E-state index is 11.7. The van der Waals surface area contributed by atoms with Gasteiger partial charge in [-0.05, 0) is 37.3 Å². The Morgan fingerprint density at radius 2 is 1.95 bits per heavy atom. The van der Waals surface area contributed by atoms with Crippen LogP contribution < -0.4 is 5.73 Å². The molecule has 1 aromatic carbocycles. The molecule has 0 radical (unpaired) electrons. The predicted molar refractivity (Wildman–Crippen MR) is 89.4 cm³/mol. The van der Waals surface area contributed by atoms with Gasteiger partial charge in [0.2, 0.25) is 0 Å². The number of Topliss-reactive ketones (excluding diaryl/α,β-unsaturated/α-hetero) is 1. The van der Waals surface area contributed by atoms with E-state index in [9.17, 15) is 4.79 Å². The lowest BCUT2D eigenvalue weighted by molar-refractivity contribution is 0.101. The first-order chi connectivity index (χ1) is 10.5.